The van der Waals surface area contributed by atoms with Crippen LogP contribution in [0.1, 0.15) is 42.0 Å². The molecule has 1 fully saturated rings. The summed E-state index contributed by atoms with van der Waals surface area (Å²) in [7, 11) is 1.88. The number of carbonyl (C=O) groups is 2. The molecule has 0 radical (unpaired) electrons. The molecule has 0 aliphatic carbocycles. The molecule has 7 heteroatoms. The number of nitrogens with zero attached hydrogens (tertiary/aromatic N) is 2. The standard InChI is InChI=1S/C35H40ClN3O3/c1-24-14-15-31(36)33(19-24)42-18-8-12-27-11-7-13-28(20-27)30-21-29-22-39(25(2)40)23-32(37-29)34(30)35(41)38(3)17-16-26-9-5-4-6-10-26/h4-7,9-11,13-15,19-20,29,32,37H,8,12,16-18,21-23H2,1-3H3/t29-,32-/m1/s1. The van der Waals surface area contributed by atoms with Crippen LogP contribution in [-0.2, 0) is 22.4 Å². The number of carbonyl (C=O) groups excluding carboxylic acids is 2. The number of amides is 2. The predicted molar refractivity (Wildman–Crippen MR) is 169 cm³/mol. The summed E-state index contributed by atoms with van der Waals surface area (Å²) in [5.74, 6) is 0.794. The Morgan fingerprint density at radius 1 is 1.00 bits per heavy atom. The maximum atomic E-state index is 14.1. The molecule has 2 heterocycles. The van der Waals surface area contributed by atoms with Crippen LogP contribution in [0, 0.1) is 6.92 Å². The fourth-order valence-corrected chi connectivity index (χ4v) is 6.14. The first-order valence-electron chi connectivity index (χ1n) is 14.8. The first-order chi connectivity index (χ1) is 20.3. The Bertz CT molecular complexity index is 1450. The first-order valence-corrected chi connectivity index (χ1v) is 15.2. The number of likely N-dealkylation sites (N-methyl/N-ethyl adjacent to an activating group) is 1. The number of aryl methyl sites for hydroxylation is 2. The molecule has 2 bridgehead atoms. The molecule has 2 aliphatic heterocycles. The smallest absolute Gasteiger partial charge is 0.251 e. The number of halogens is 1. The fraction of sp³-hybridized carbons (Fsp3) is 0.371. The van der Waals surface area contributed by atoms with Crippen LogP contribution in [0.5, 0.6) is 5.75 Å². The number of nitrogens with one attached hydrogen (secondary N) is 1. The number of rotatable bonds is 10. The highest BCUT2D eigenvalue weighted by Crippen LogP contribution is 2.34. The average molecular weight is 586 g/mol. The largest absolute Gasteiger partial charge is 0.492 e. The van der Waals surface area contributed by atoms with E-state index in [2.05, 4.69) is 41.7 Å². The van der Waals surface area contributed by atoms with Gasteiger partial charge in [-0.15, -0.1) is 0 Å². The van der Waals surface area contributed by atoms with Crippen molar-refractivity contribution in [3.05, 3.63) is 106 Å². The van der Waals surface area contributed by atoms with E-state index in [-0.39, 0.29) is 23.9 Å². The maximum absolute atomic E-state index is 14.1. The van der Waals surface area contributed by atoms with Gasteiger partial charge in [0.05, 0.1) is 17.7 Å². The van der Waals surface area contributed by atoms with Gasteiger partial charge in [-0.2, -0.15) is 0 Å². The quantitative estimate of drug-likeness (QED) is 0.310. The van der Waals surface area contributed by atoms with Gasteiger partial charge in [0.15, 0.2) is 0 Å². The second-order valence-corrected chi connectivity index (χ2v) is 11.9. The summed E-state index contributed by atoms with van der Waals surface area (Å²) >= 11 is 6.29. The van der Waals surface area contributed by atoms with Crippen molar-refractivity contribution in [3.63, 3.8) is 0 Å². The van der Waals surface area contributed by atoms with Gasteiger partial charge in [-0.05, 0) is 72.6 Å². The van der Waals surface area contributed by atoms with E-state index in [0.29, 0.717) is 37.7 Å². The van der Waals surface area contributed by atoms with E-state index in [0.717, 1.165) is 47.3 Å². The number of fused-ring (bicyclic) bond motifs is 2. The molecule has 42 heavy (non-hydrogen) atoms. The minimum atomic E-state index is -0.195. The van der Waals surface area contributed by atoms with Crippen molar-refractivity contribution in [3.8, 4) is 5.75 Å². The molecule has 1 saturated heterocycles. The van der Waals surface area contributed by atoms with E-state index in [1.165, 1.54) is 11.1 Å². The van der Waals surface area contributed by atoms with Gasteiger partial charge in [-0.25, -0.2) is 0 Å². The lowest BCUT2D eigenvalue weighted by molar-refractivity contribution is -0.132. The van der Waals surface area contributed by atoms with Gasteiger partial charge >= 0.3 is 0 Å². The third-order valence-electron chi connectivity index (χ3n) is 8.24. The minimum absolute atomic E-state index is 0.0242. The Balaban J connectivity index is 1.35. The van der Waals surface area contributed by atoms with Crippen molar-refractivity contribution in [2.24, 2.45) is 0 Å². The number of hydrogen-bond acceptors (Lipinski definition) is 4. The summed E-state index contributed by atoms with van der Waals surface area (Å²) in [5.41, 5.74) is 6.48. The Kier molecular flexibility index (Phi) is 9.65. The minimum Gasteiger partial charge on any atom is -0.492 e. The van der Waals surface area contributed by atoms with E-state index >= 15 is 0 Å². The Hall–Kier alpha value is -3.61. The fourth-order valence-electron chi connectivity index (χ4n) is 5.97. The lowest BCUT2D eigenvalue weighted by atomic mass is 9.82. The Labute approximate surface area is 254 Å². The van der Waals surface area contributed by atoms with Crippen molar-refractivity contribution in [1.29, 1.82) is 0 Å². The van der Waals surface area contributed by atoms with Gasteiger partial charge in [0.25, 0.3) is 5.91 Å². The van der Waals surface area contributed by atoms with Gasteiger partial charge in [0, 0.05) is 45.2 Å². The van der Waals surface area contributed by atoms with Crippen LogP contribution in [-0.4, -0.2) is 67.0 Å². The van der Waals surface area contributed by atoms with Crippen molar-refractivity contribution in [2.45, 2.75) is 51.6 Å². The average Bonchev–Trinajstić information content (AvgIpc) is 2.99. The van der Waals surface area contributed by atoms with Crippen molar-refractivity contribution < 1.29 is 14.3 Å². The van der Waals surface area contributed by atoms with E-state index in [1.807, 2.05) is 60.2 Å². The molecule has 1 N–H and O–H groups in total. The molecule has 5 rings (SSSR count). The van der Waals surface area contributed by atoms with Crippen LogP contribution in [0.4, 0.5) is 0 Å². The number of piperazine rings is 1. The molecular formula is C35H40ClN3O3. The zero-order valence-electron chi connectivity index (χ0n) is 24.7. The zero-order chi connectivity index (χ0) is 29.6. The molecule has 6 nitrogen and oxygen atoms in total. The Morgan fingerprint density at radius 3 is 2.57 bits per heavy atom. The van der Waals surface area contributed by atoms with Crippen LogP contribution < -0.4 is 10.1 Å². The summed E-state index contributed by atoms with van der Waals surface area (Å²) in [6, 6.07) is 24.5. The molecule has 0 spiro atoms. The molecule has 0 saturated carbocycles. The predicted octanol–water partition coefficient (Wildman–Crippen LogP) is 5.71. The van der Waals surface area contributed by atoms with Gasteiger partial charge < -0.3 is 19.9 Å². The SMILES string of the molecule is CC(=O)N1C[C@H]2CC(c3cccc(CCCOc4cc(C)ccc4Cl)c3)=C(C(=O)N(C)CCc3ccccc3)[C@@H](C1)N2. The number of ether oxygens (including phenoxy) is 1. The van der Waals surface area contributed by atoms with Gasteiger partial charge in [0.2, 0.25) is 5.91 Å². The Morgan fingerprint density at radius 2 is 1.79 bits per heavy atom. The highest BCUT2D eigenvalue weighted by molar-refractivity contribution is 6.32. The number of hydrogen-bond donors (Lipinski definition) is 1. The summed E-state index contributed by atoms with van der Waals surface area (Å²) < 4.78 is 5.96. The summed E-state index contributed by atoms with van der Waals surface area (Å²) in [4.78, 5) is 30.1. The third kappa shape index (κ3) is 7.23. The van der Waals surface area contributed by atoms with E-state index in [4.69, 9.17) is 16.3 Å². The molecule has 220 valence electrons. The molecular weight excluding hydrogens is 546 g/mol. The lowest BCUT2D eigenvalue weighted by Gasteiger charge is -2.44. The highest BCUT2D eigenvalue weighted by atomic mass is 35.5. The normalized spacial score (nSPS) is 18.1. The molecule has 2 aliphatic rings. The van der Waals surface area contributed by atoms with Crippen molar-refractivity contribution in [2.75, 3.05) is 33.3 Å². The van der Waals surface area contributed by atoms with E-state index < -0.39 is 0 Å². The van der Waals surface area contributed by atoms with Gasteiger partial charge in [-0.3, -0.25) is 9.59 Å². The van der Waals surface area contributed by atoms with E-state index in [9.17, 15) is 9.59 Å². The van der Waals surface area contributed by atoms with Crippen LogP contribution in [0.2, 0.25) is 5.02 Å². The molecule has 0 aromatic heterocycles. The van der Waals surface area contributed by atoms with Crippen molar-refractivity contribution >= 4 is 29.0 Å². The summed E-state index contributed by atoms with van der Waals surface area (Å²) in [6.45, 7) is 5.98. The van der Waals surface area contributed by atoms with Crippen LogP contribution in [0.25, 0.3) is 5.57 Å². The first kappa shape index (κ1) is 29.9. The molecule has 0 unspecified atom stereocenters. The monoisotopic (exact) mass is 585 g/mol. The summed E-state index contributed by atoms with van der Waals surface area (Å²) in [5, 5.41) is 4.28. The molecule has 3 aromatic carbocycles. The molecule has 2 amide bonds. The van der Waals surface area contributed by atoms with Crippen LogP contribution in [0.3, 0.4) is 0 Å². The highest BCUT2D eigenvalue weighted by Gasteiger charge is 2.39. The lowest BCUT2D eigenvalue weighted by Crippen LogP contribution is -2.61. The van der Waals surface area contributed by atoms with Crippen LogP contribution >= 0.6 is 11.6 Å². The molecule has 2 atom stereocenters. The number of benzene rings is 3. The summed E-state index contributed by atoms with van der Waals surface area (Å²) in [6.07, 6.45) is 3.19. The second kappa shape index (κ2) is 13.6. The van der Waals surface area contributed by atoms with Gasteiger partial charge in [0.1, 0.15) is 5.75 Å². The maximum Gasteiger partial charge on any atom is 0.251 e. The molecule has 3 aromatic rings. The third-order valence-corrected chi connectivity index (χ3v) is 8.55. The zero-order valence-corrected chi connectivity index (χ0v) is 25.5. The second-order valence-electron chi connectivity index (χ2n) is 11.5. The van der Waals surface area contributed by atoms with Crippen molar-refractivity contribution in [1.82, 2.24) is 15.1 Å². The topological polar surface area (TPSA) is 61.9 Å². The van der Waals surface area contributed by atoms with Gasteiger partial charge in [-0.1, -0.05) is 72.3 Å². The van der Waals surface area contributed by atoms with Crippen LogP contribution in [0.15, 0.2) is 78.4 Å². The van der Waals surface area contributed by atoms with E-state index in [1.54, 1.807) is 6.92 Å².